The van der Waals surface area contributed by atoms with Crippen LogP contribution in [0.2, 0.25) is 0 Å². The highest BCUT2D eigenvalue weighted by Crippen LogP contribution is 2.28. The van der Waals surface area contributed by atoms with Crippen molar-refractivity contribution >= 4 is 11.5 Å². The van der Waals surface area contributed by atoms with Gasteiger partial charge in [0, 0.05) is 0 Å². The number of hydrogen-bond donors (Lipinski definition) is 0. The topological polar surface area (TPSA) is 35.5 Å². The fourth-order valence-electron chi connectivity index (χ4n) is 2.29. The molecule has 0 N–H and O–H groups in total. The van der Waals surface area contributed by atoms with Gasteiger partial charge in [0.25, 0.3) is 0 Å². The quantitative estimate of drug-likeness (QED) is 0.800. The molecule has 1 aliphatic rings. The van der Waals surface area contributed by atoms with Crippen LogP contribution in [0.3, 0.4) is 0 Å². The van der Waals surface area contributed by atoms with Crippen LogP contribution in [0.1, 0.15) is 5.56 Å². The summed E-state index contributed by atoms with van der Waals surface area (Å²) in [6, 6.07) is 17.9. The Morgan fingerprint density at radius 1 is 0.900 bits per heavy atom. The molecule has 1 heterocycles. The zero-order chi connectivity index (χ0) is 13.9. The third kappa shape index (κ3) is 2.18. The molecule has 0 radical (unpaired) electrons. The Balaban J connectivity index is 1.96. The minimum Gasteiger partial charge on any atom is -0.497 e. The molecule has 0 atom stereocenters. The fourth-order valence-corrected chi connectivity index (χ4v) is 2.29. The number of hydrogen-bond acceptors (Lipinski definition) is 3. The number of carbonyl (C=O) groups is 1. The van der Waals surface area contributed by atoms with E-state index in [0.29, 0.717) is 11.3 Å². The standard InChI is InChI=1S/C17H14O3/c1-19-15-11-20-17(18)16(15)14-9-7-13(8-10-14)12-5-3-2-4-6-12/h2-10H,11H2,1H3. The number of ether oxygens (including phenoxy) is 2. The molecule has 20 heavy (non-hydrogen) atoms. The maximum Gasteiger partial charge on any atom is 0.342 e. The first kappa shape index (κ1) is 12.5. The molecule has 2 aromatic rings. The third-order valence-electron chi connectivity index (χ3n) is 3.34. The summed E-state index contributed by atoms with van der Waals surface area (Å²) in [5, 5.41) is 0. The molecule has 0 aromatic heterocycles. The van der Waals surface area contributed by atoms with Gasteiger partial charge in [-0.05, 0) is 16.7 Å². The summed E-state index contributed by atoms with van der Waals surface area (Å²) in [5.41, 5.74) is 3.60. The predicted octanol–water partition coefficient (Wildman–Crippen LogP) is 3.27. The van der Waals surface area contributed by atoms with Gasteiger partial charge in [0.1, 0.15) is 17.9 Å². The lowest BCUT2D eigenvalue weighted by Gasteiger charge is -2.05. The Morgan fingerprint density at radius 2 is 1.50 bits per heavy atom. The Bertz CT molecular complexity index is 654. The van der Waals surface area contributed by atoms with Gasteiger partial charge in [0.15, 0.2) is 0 Å². The minimum atomic E-state index is -0.325. The van der Waals surface area contributed by atoms with Crippen LogP contribution in [-0.2, 0) is 14.3 Å². The number of carbonyl (C=O) groups excluding carboxylic acids is 1. The maximum atomic E-state index is 11.7. The first-order valence-electron chi connectivity index (χ1n) is 6.39. The Kier molecular flexibility index (Phi) is 3.25. The van der Waals surface area contributed by atoms with E-state index in [-0.39, 0.29) is 12.6 Å². The summed E-state index contributed by atoms with van der Waals surface area (Å²) < 4.78 is 10.2. The summed E-state index contributed by atoms with van der Waals surface area (Å²) in [6.07, 6.45) is 0. The molecule has 0 fully saturated rings. The van der Waals surface area contributed by atoms with E-state index in [4.69, 9.17) is 9.47 Å². The first-order chi connectivity index (χ1) is 9.79. The fraction of sp³-hybridized carbons (Fsp3) is 0.118. The lowest BCUT2D eigenvalue weighted by Crippen LogP contribution is -1.98. The van der Waals surface area contributed by atoms with Gasteiger partial charge in [0.2, 0.25) is 0 Å². The van der Waals surface area contributed by atoms with Crippen molar-refractivity contribution < 1.29 is 14.3 Å². The van der Waals surface area contributed by atoms with E-state index in [1.807, 2.05) is 42.5 Å². The van der Waals surface area contributed by atoms with Crippen molar-refractivity contribution in [1.82, 2.24) is 0 Å². The Labute approximate surface area is 117 Å². The minimum absolute atomic E-state index is 0.213. The van der Waals surface area contributed by atoms with E-state index in [1.165, 1.54) is 0 Å². The van der Waals surface area contributed by atoms with Crippen LogP contribution in [0.4, 0.5) is 0 Å². The van der Waals surface area contributed by atoms with E-state index < -0.39 is 0 Å². The van der Waals surface area contributed by atoms with Crippen LogP contribution in [0.25, 0.3) is 16.7 Å². The zero-order valence-electron chi connectivity index (χ0n) is 11.1. The van der Waals surface area contributed by atoms with Crippen molar-refractivity contribution in [2.75, 3.05) is 13.7 Å². The lowest BCUT2D eigenvalue weighted by molar-refractivity contribution is -0.134. The largest absolute Gasteiger partial charge is 0.497 e. The van der Waals surface area contributed by atoms with Crippen LogP contribution >= 0.6 is 0 Å². The van der Waals surface area contributed by atoms with Gasteiger partial charge in [-0.25, -0.2) is 4.79 Å². The van der Waals surface area contributed by atoms with Crippen molar-refractivity contribution in [1.29, 1.82) is 0 Å². The lowest BCUT2D eigenvalue weighted by atomic mass is 10.0. The predicted molar refractivity (Wildman–Crippen MR) is 76.8 cm³/mol. The molecule has 3 rings (SSSR count). The maximum absolute atomic E-state index is 11.7. The summed E-state index contributed by atoms with van der Waals surface area (Å²) >= 11 is 0. The second-order valence-electron chi connectivity index (χ2n) is 4.52. The molecule has 3 heteroatoms. The van der Waals surface area contributed by atoms with Crippen LogP contribution in [0.15, 0.2) is 60.4 Å². The molecule has 0 aliphatic carbocycles. The number of cyclic esters (lactones) is 1. The molecule has 1 aliphatic heterocycles. The van der Waals surface area contributed by atoms with Gasteiger partial charge >= 0.3 is 5.97 Å². The van der Waals surface area contributed by atoms with E-state index in [1.54, 1.807) is 7.11 Å². The van der Waals surface area contributed by atoms with Crippen molar-refractivity contribution in [2.45, 2.75) is 0 Å². The van der Waals surface area contributed by atoms with Gasteiger partial charge in [-0.3, -0.25) is 0 Å². The molecule has 0 spiro atoms. The third-order valence-corrected chi connectivity index (χ3v) is 3.34. The first-order valence-corrected chi connectivity index (χ1v) is 6.39. The monoisotopic (exact) mass is 266 g/mol. The molecule has 0 saturated carbocycles. The molecule has 0 unspecified atom stereocenters. The second-order valence-corrected chi connectivity index (χ2v) is 4.52. The molecule has 0 bridgehead atoms. The molecular weight excluding hydrogens is 252 g/mol. The normalized spacial score (nSPS) is 14.3. The highest BCUT2D eigenvalue weighted by atomic mass is 16.6. The highest BCUT2D eigenvalue weighted by molar-refractivity contribution is 6.18. The van der Waals surface area contributed by atoms with Gasteiger partial charge in [-0.15, -0.1) is 0 Å². The average molecular weight is 266 g/mol. The van der Waals surface area contributed by atoms with E-state index in [0.717, 1.165) is 16.7 Å². The van der Waals surface area contributed by atoms with Gasteiger partial charge in [-0.2, -0.15) is 0 Å². The Morgan fingerprint density at radius 3 is 2.15 bits per heavy atom. The van der Waals surface area contributed by atoms with Gasteiger partial charge in [-0.1, -0.05) is 54.6 Å². The van der Waals surface area contributed by atoms with Crippen LogP contribution in [0.5, 0.6) is 0 Å². The van der Waals surface area contributed by atoms with Gasteiger partial charge < -0.3 is 9.47 Å². The summed E-state index contributed by atoms with van der Waals surface area (Å²) in [6.45, 7) is 0.213. The number of esters is 1. The van der Waals surface area contributed by atoms with Crippen molar-refractivity contribution in [3.05, 3.63) is 65.9 Å². The van der Waals surface area contributed by atoms with E-state index in [9.17, 15) is 4.79 Å². The van der Waals surface area contributed by atoms with E-state index in [2.05, 4.69) is 12.1 Å². The summed E-state index contributed by atoms with van der Waals surface area (Å²) in [7, 11) is 1.55. The second kappa shape index (κ2) is 5.21. The van der Waals surface area contributed by atoms with Crippen LogP contribution < -0.4 is 0 Å². The van der Waals surface area contributed by atoms with Crippen LogP contribution in [-0.4, -0.2) is 19.7 Å². The Hall–Kier alpha value is -2.55. The molecular formula is C17H14O3. The SMILES string of the molecule is COC1=C(c2ccc(-c3ccccc3)cc2)C(=O)OC1. The molecule has 3 nitrogen and oxygen atoms in total. The average Bonchev–Trinajstić information content (AvgIpc) is 2.89. The summed E-state index contributed by atoms with van der Waals surface area (Å²) in [5.74, 6) is 0.261. The smallest absolute Gasteiger partial charge is 0.342 e. The summed E-state index contributed by atoms with van der Waals surface area (Å²) in [4.78, 5) is 11.7. The van der Waals surface area contributed by atoms with Crippen LogP contribution in [0, 0.1) is 0 Å². The van der Waals surface area contributed by atoms with Gasteiger partial charge in [0.05, 0.1) is 7.11 Å². The molecule has 0 saturated heterocycles. The molecule has 0 amide bonds. The zero-order valence-corrected chi connectivity index (χ0v) is 11.1. The highest BCUT2D eigenvalue weighted by Gasteiger charge is 2.27. The van der Waals surface area contributed by atoms with E-state index >= 15 is 0 Å². The number of rotatable bonds is 3. The van der Waals surface area contributed by atoms with Crippen molar-refractivity contribution in [2.24, 2.45) is 0 Å². The van der Waals surface area contributed by atoms with Crippen molar-refractivity contribution in [3.63, 3.8) is 0 Å². The van der Waals surface area contributed by atoms with Crippen molar-refractivity contribution in [3.8, 4) is 11.1 Å². The molecule has 2 aromatic carbocycles. The molecule has 100 valence electrons. The number of benzene rings is 2. The number of methoxy groups -OCH3 is 1.